The van der Waals surface area contributed by atoms with Crippen molar-refractivity contribution in [3.8, 4) is 11.7 Å². The summed E-state index contributed by atoms with van der Waals surface area (Å²) in [6, 6.07) is 11.5. The van der Waals surface area contributed by atoms with Gasteiger partial charge in [0, 0.05) is 26.3 Å². The molecule has 2 aromatic heterocycles. The van der Waals surface area contributed by atoms with Gasteiger partial charge in [-0.3, -0.25) is 4.79 Å². The zero-order valence-corrected chi connectivity index (χ0v) is 14.7. The largest absolute Gasteiger partial charge is 0.459 e. The molecular formula is C17H18N4O3S. The van der Waals surface area contributed by atoms with Crippen LogP contribution in [0.4, 0.5) is 5.69 Å². The number of amides is 1. The highest BCUT2D eigenvalue weighted by Crippen LogP contribution is 2.23. The second-order valence-electron chi connectivity index (χ2n) is 5.48. The summed E-state index contributed by atoms with van der Waals surface area (Å²) >= 11 is 1.19. The Hall–Kier alpha value is -2.74. The summed E-state index contributed by atoms with van der Waals surface area (Å²) in [4.78, 5) is 14.0. The number of furan rings is 1. The van der Waals surface area contributed by atoms with Gasteiger partial charge in [-0.15, -0.1) is 10.2 Å². The van der Waals surface area contributed by atoms with Crippen LogP contribution in [0.3, 0.4) is 0 Å². The molecule has 7 nitrogen and oxygen atoms in total. The second-order valence-corrected chi connectivity index (χ2v) is 6.40. The average molecular weight is 358 g/mol. The maximum atomic E-state index is 12.0. The van der Waals surface area contributed by atoms with Gasteiger partial charge in [0.1, 0.15) is 0 Å². The number of aromatic nitrogens is 2. The van der Waals surface area contributed by atoms with Crippen molar-refractivity contribution in [2.24, 2.45) is 0 Å². The Morgan fingerprint density at radius 3 is 2.68 bits per heavy atom. The minimum absolute atomic E-state index is 0.0977. The van der Waals surface area contributed by atoms with E-state index in [1.54, 1.807) is 12.1 Å². The number of thioether (sulfide) groups is 1. The highest BCUT2D eigenvalue weighted by molar-refractivity contribution is 7.99. The number of nitrogens with zero attached hydrogens (tertiary/aromatic N) is 3. The van der Waals surface area contributed by atoms with E-state index in [1.165, 1.54) is 18.0 Å². The van der Waals surface area contributed by atoms with Crippen molar-refractivity contribution in [2.75, 3.05) is 24.7 Å². The molecule has 3 aromatic rings. The minimum atomic E-state index is -0.0977. The van der Waals surface area contributed by atoms with Gasteiger partial charge in [-0.05, 0) is 29.8 Å². The van der Waals surface area contributed by atoms with Gasteiger partial charge in [-0.25, -0.2) is 0 Å². The number of nitrogens with one attached hydrogen (secondary N) is 1. The third-order valence-corrected chi connectivity index (χ3v) is 4.23. The summed E-state index contributed by atoms with van der Waals surface area (Å²) in [5, 5.41) is 11.0. The van der Waals surface area contributed by atoms with Crippen LogP contribution in [-0.2, 0) is 11.3 Å². The van der Waals surface area contributed by atoms with E-state index in [0.29, 0.717) is 23.4 Å². The third-order valence-electron chi connectivity index (χ3n) is 3.41. The Labute approximate surface area is 149 Å². The molecule has 0 radical (unpaired) electrons. The maximum Gasteiger partial charge on any atom is 0.284 e. The SMILES string of the molecule is CN(C)c1ccc(CNC(=O)CSc2nnc(-c3ccco3)o2)cc1. The van der Waals surface area contributed by atoms with Crippen LogP contribution in [0.15, 0.2) is 56.7 Å². The van der Waals surface area contributed by atoms with E-state index >= 15 is 0 Å². The molecule has 1 N–H and O–H groups in total. The number of rotatable bonds is 7. The number of hydrogen-bond donors (Lipinski definition) is 1. The molecular weight excluding hydrogens is 340 g/mol. The molecule has 130 valence electrons. The summed E-state index contributed by atoms with van der Waals surface area (Å²) in [5.74, 6) is 0.911. The van der Waals surface area contributed by atoms with Gasteiger partial charge in [-0.2, -0.15) is 0 Å². The first-order chi connectivity index (χ1) is 12.1. The first-order valence-electron chi connectivity index (χ1n) is 7.65. The summed E-state index contributed by atoms with van der Waals surface area (Å²) in [5.41, 5.74) is 2.16. The van der Waals surface area contributed by atoms with E-state index in [4.69, 9.17) is 8.83 Å². The lowest BCUT2D eigenvalue weighted by atomic mass is 10.2. The van der Waals surface area contributed by atoms with Crippen LogP contribution in [0.25, 0.3) is 11.7 Å². The van der Waals surface area contributed by atoms with Crippen molar-refractivity contribution in [1.29, 1.82) is 0 Å². The monoisotopic (exact) mass is 358 g/mol. The van der Waals surface area contributed by atoms with E-state index in [1.807, 2.05) is 43.3 Å². The number of anilines is 1. The van der Waals surface area contributed by atoms with Crippen molar-refractivity contribution in [2.45, 2.75) is 11.8 Å². The molecule has 3 rings (SSSR count). The quantitative estimate of drug-likeness (QED) is 0.650. The van der Waals surface area contributed by atoms with E-state index in [9.17, 15) is 4.79 Å². The van der Waals surface area contributed by atoms with Crippen LogP contribution < -0.4 is 10.2 Å². The Kier molecular flexibility index (Phi) is 5.39. The van der Waals surface area contributed by atoms with E-state index < -0.39 is 0 Å². The molecule has 0 saturated heterocycles. The zero-order valence-electron chi connectivity index (χ0n) is 13.9. The molecule has 1 amide bonds. The van der Waals surface area contributed by atoms with Gasteiger partial charge < -0.3 is 19.1 Å². The molecule has 2 heterocycles. The second kappa shape index (κ2) is 7.89. The Morgan fingerprint density at radius 1 is 1.20 bits per heavy atom. The van der Waals surface area contributed by atoms with Crippen molar-refractivity contribution in [3.63, 3.8) is 0 Å². The summed E-state index contributed by atoms with van der Waals surface area (Å²) in [6.45, 7) is 0.481. The van der Waals surface area contributed by atoms with Crippen LogP contribution in [-0.4, -0.2) is 36.0 Å². The van der Waals surface area contributed by atoms with Gasteiger partial charge in [-0.1, -0.05) is 23.9 Å². The van der Waals surface area contributed by atoms with Crippen LogP contribution >= 0.6 is 11.8 Å². The first kappa shape index (κ1) is 17.1. The van der Waals surface area contributed by atoms with Crippen molar-refractivity contribution >= 4 is 23.4 Å². The first-order valence-corrected chi connectivity index (χ1v) is 8.63. The summed E-state index contributed by atoms with van der Waals surface area (Å²) < 4.78 is 10.6. The van der Waals surface area contributed by atoms with E-state index in [0.717, 1.165) is 11.3 Å². The molecule has 0 unspecified atom stereocenters. The van der Waals surface area contributed by atoms with Gasteiger partial charge in [0.15, 0.2) is 5.76 Å². The molecule has 0 aliphatic carbocycles. The van der Waals surface area contributed by atoms with E-state index in [-0.39, 0.29) is 11.7 Å². The molecule has 0 bridgehead atoms. The molecule has 25 heavy (non-hydrogen) atoms. The molecule has 1 aromatic carbocycles. The Balaban J connectivity index is 1.45. The lowest BCUT2D eigenvalue weighted by Crippen LogP contribution is -2.24. The lowest BCUT2D eigenvalue weighted by molar-refractivity contribution is -0.118. The van der Waals surface area contributed by atoms with Gasteiger partial charge in [0.2, 0.25) is 5.91 Å². The number of carbonyl (C=O) groups is 1. The van der Waals surface area contributed by atoms with Crippen molar-refractivity contribution in [3.05, 3.63) is 48.2 Å². The molecule has 0 atom stereocenters. The van der Waals surface area contributed by atoms with Crippen LogP contribution in [0.5, 0.6) is 0 Å². The van der Waals surface area contributed by atoms with Crippen LogP contribution in [0.1, 0.15) is 5.56 Å². The lowest BCUT2D eigenvalue weighted by Gasteiger charge is -2.12. The highest BCUT2D eigenvalue weighted by Gasteiger charge is 2.12. The smallest absolute Gasteiger partial charge is 0.284 e. The normalized spacial score (nSPS) is 10.6. The van der Waals surface area contributed by atoms with Gasteiger partial charge >= 0.3 is 0 Å². The van der Waals surface area contributed by atoms with E-state index in [2.05, 4.69) is 15.5 Å². The fourth-order valence-electron chi connectivity index (χ4n) is 2.06. The van der Waals surface area contributed by atoms with Gasteiger partial charge in [0.05, 0.1) is 12.0 Å². The number of benzene rings is 1. The van der Waals surface area contributed by atoms with Crippen LogP contribution in [0.2, 0.25) is 0 Å². The average Bonchev–Trinajstić information content (AvgIpc) is 3.29. The van der Waals surface area contributed by atoms with Crippen molar-refractivity contribution < 1.29 is 13.6 Å². The Bertz CT molecular complexity index is 813. The molecule has 0 fully saturated rings. The fraction of sp³-hybridized carbons (Fsp3) is 0.235. The number of hydrogen-bond acceptors (Lipinski definition) is 7. The predicted molar refractivity (Wildman–Crippen MR) is 95.3 cm³/mol. The Morgan fingerprint density at radius 2 is 2.00 bits per heavy atom. The topological polar surface area (TPSA) is 84.4 Å². The standard InChI is InChI=1S/C17H18N4O3S/c1-21(2)13-7-5-12(6-8-13)10-18-15(22)11-25-17-20-19-16(24-17)14-4-3-9-23-14/h3-9H,10-11H2,1-2H3,(H,18,22). The summed E-state index contributed by atoms with van der Waals surface area (Å²) in [7, 11) is 3.98. The highest BCUT2D eigenvalue weighted by atomic mass is 32.2. The maximum absolute atomic E-state index is 12.0. The zero-order chi connectivity index (χ0) is 17.6. The minimum Gasteiger partial charge on any atom is -0.459 e. The number of carbonyl (C=O) groups excluding carboxylic acids is 1. The van der Waals surface area contributed by atoms with Gasteiger partial charge in [0.25, 0.3) is 11.1 Å². The molecule has 8 heteroatoms. The molecule has 0 spiro atoms. The third kappa shape index (κ3) is 4.63. The molecule has 0 aliphatic heterocycles. The predicted octanol–water partition coefficient (Wildman–Crippen LogP) is 2.80. The molecule has 0 saturated carbocycles. The molecule has 0 aliphatic rings. The van der Waals surface area contributed by atoms with Crippen LogP contribution in [0, 0.1) is 0 Å². The summed E-state index contributed by atoms with van der Waals surface area (Å²) in [6.07, 6.45) is 1.53. The fourth-order valence-corrected chi connectivity index (χ4v) is 2.65. The van der Waals surface area contributed by atoms with Crippen molar-refractivity contribution in [1.82, 2.24) is 15.5 Å².